The summed E-state index contributed by atoms with van der Waals surface area (Å²) in [6.45, 7) is 9.35. The van der Waals surface area contributed by atoms with Crippen molar-refractivity contribution in [2.24, 2.45) is 0 Å². The van der Waals surface area contributed by atoms with Crippen LogP contribution in [0, 0.1) is 0 Å². The fraction of sp³-hybridized carbons (Fsp3) is 0.818. The molecule has 0 N–H and O–H groups in total. The van der Waals surface area contributed by atoms with Crippen molar-refractivity contribution >= 4 is 11.6 Å². The Morgan fingerprint density at radius 2 is 2.21 bits per heavy atom. The fourth-order valence-electron chi connectivity index (χ4n) is 1.69. The van der Waals surface area contributed by atoms with E-state index in [0.29, 0.717) is 12.0 Å². The van der Waals surface area contributed by atoms with Gasteiger partial charge in [0.1, 0.15) is 0 Å². The van der Waals surface area contributed by atoms with Crippen molar-refractivity contribution in [1.82, 2.24) is 4.90 Å². The molecule has 0 radical (unpaired) electrons. The third-order valence-electron chi connectivity index (χ3n) is 2.33. The second-order valence-corrected chi connectivity index (χ2v) is 4.53. The molecule has 14 heavy (non-hydrogen) atoms. The van der Waals surface area contributed by atoms with Gasteiger partial charge in [-0.2, -0.15) is 0 Å². The first kappa shape index (κ1) is 12.0. The zero-order chi connectivity index (χ0) is 10.6. The molecule has 2 unspecified atom stereocenters. The number of nitrogens with zero attached hydrogens (tertiary/aromatic N) is 1. The van der Waals surface area contributed by atoms with E-state index in [2.05, 4.69) is 31.7 Å². The maximum absolute atomic E-state index is 5.81. The lowest BCUT2D eigenvalue weighted by Gasteiger charge is -2.35. The SMILES string of the molecule is CC(C)=CCN1CC(C)OC(CCl)C1. The van der Waals surface area contributed by atoms with Gasteiger partial charge in [-0.25, -0.2) is 0 Å². The van der Waals surface area contributed by atoms with Gasteiger partial charge in [-0.1, -0.05) is 11.6 Å². The Hall–Kier alpha value is -0.0500. The van der Waals surface area contributed by atoms with Crippen LogP contribution < -0.4 is 0 Å². The minimum atomic E-state index is 0.200. The minimum absolute atomic E-state index is 0.200. The Bertz CT molecular complexity index is 201. The summed E-state index contributed by atoms with van der Waals surface area (Å²) < 4.78 is 5.68. The molecule has 2 nitrogen and oxygen atoms in total. The molecular formula is C11H20ClNO. The Labute approximate surface area is 91.9 Å². The molecule has 0 aromatic heterocycles. The van der Waals surface area contributed by atoms with Gasteiger partial charge in [-0.15, -0.1) is 11.6 Å². The summed E-state index contributed by atoms with van der Waals surface area (Å²) >= 11 is 5.81. The number of halogens is 1. The highest BCUT2D eigenvalue weighted by Gasteiger charge is 2.23. The molecule has 0 aliphatic carbocycles. The summed E-state index contributed by atoms with van der Waals surface area (Å²) in [6, 6.07) is 0. The molecule has 0 amide bonds. The maximum Gasteiger partial charge on any atom is 0.0841 e. The Morgan fingerprint density at radius 3 is 2.79 bits per heavy atom. The van der Waals surface area contributed by atoms with Crippen molar-refractivity contribution in [2.75, 3.05) is 25.5 Å². The molecule has 0 spiro atoms. The average molecular weight is 218 g/mol. The van der Waals surface area contributed by atoms with Crippen LogP contribution in [-0.4, -0.2) is 42.6 Å². The van der Waals surface area contributed by atoms with Gasteiger partial charge in [0.25, 0.3) is 0 Å². The van der Waals surface area contributed by atoms with E-state index in [0.717, 1.165) is 19.6 Å². The molecular weight excluding hydrogens is 198 g/mol. The van der Waals surface area contributed by atoms with E-state index in [-0.39, 0.29) is 6.10 Å². The van der Waals surface area contributed by atoms with Crippen molar-refractivity contribution < 1.29 is 4.74 Å². The number of morpholine rings is 1. The molecule has 0 bridgehead atoms. The molecule has 0 saturated carbocycles. The van der Waals surface area contributed by atoms with Crippen LogP contribution in [0.15, 0.2) is 11.6 Å². The van der Waals surface area contributed by atoms with Crippen molar-refractivity contribution in [3.8, 4) is 0 Å². The number of hydrogen-bond acceptors (Lipinski definition) is 2. The second kappa shape index (κ2) is 5.74. The molecule has 1 aliphatic heterocycles. The lowest BCUT2D eigenvalue weighted by atomic mass is 10.2. The molecule has 1 aliphatic rings. The summed E-state index contributed by atoms with van der Waals surface area (Å²) in [6.07, 6.45) is 2.76. The standard InChI is InChI=1S/C11H20ClNO/c1-9(2)4-5-13-7-10(3)14-11(6-12)8-13/h4,10-11H,5-8H2,1-3H3. The molecule has 2 atom stereocenters. The van der Waals surface area contributed by atoms with Crippen molar-refractivity contribution in [3.05, 3.63) is 11.6 Å². The van der Waals surface area contributed by atoms with Crippen LogP contribution >= 0.6 is 11.6 Å². The summed E-state index contributed by atoms with van der Waals surface area (Å²) in [5, 5.41) is 0. The third-order valence-corrected chi connectivity index (χ3v) is 2.68. The Balaban J connectivity index is 2.41. The van der Waals surface area contributed by atoms with Crippen LogP contribution in [0.3, 0.4) is 0 Å². The van der Waals surface area contributed by atoms with Crippen LogP contribution in [-0.2, 0) is 4.74 Å². The normalized spacial score (nSPS) is 28.9. The zero-order valence-corrected chi connectivity index (χ0v) is 10.0. The van der Waals surface area contributed by atoms with Gasteiger partial charge in [0.15, 0.2) is 0 Å². The van der Waals surface area contributed by atoms with E-state index in [1.807, 2.05) is 0 Å². The fourth-order valence-corrected chi connectivity index (χ4v) is 1.86. The molecule has 1 heterocycles. The predicted molar refractivity (Wildman–Crippen MR) is 60.9 cm³/mol. The highest BCUT2D eigenvalue weighted by atomic mass is 35.5. The third kappa shape index (κ3) is 3.99. The number of ether oxygens (including phenoxy) is 1. The lowest BCUT2D eigenvalue weighted by molar-refractivity contribution is -0.0630. The molecule has 3 heteroatoms. The minimum Gasteiger partial charge on any atom is -0.371 e. The monoisotopic (exact) mass is 217 g/mol. The lowest BCUT2D eigenvalue weighted by Crippen LogP contribution is -2.47. The van der Waals surface area contributed by atoms with Gasteiger partial charge in [0, 0.05) is 25.5 Å². The van der Waals surface area contributed by atoms with Gasteiger partial charge in [0.05, 0.1) is 12.2 Å². The molecule has 0 aromatic rings. The number of alkyl halides is 1. The van der Waals surface area contributed by atoms with E-state index in [9.17, 15) is 0 Å². The number of rotatable bonds is 3. The zero-order valence-electron chi connectivity index (χ0n) is 9.29. The Kier molecular flexibility index (Phi) is 4.93. The highest BCUT2D eigenvalue weighted by molar-refractivity contribution is 6.18. The van der Waals surface area contributed by atoms with Crippen molar-refractivity contribution in [1.29, 1.82) is 0 Å². The summed E-state index contributed by atoms with van der Waals surface area (Å²) in [4.78, 5) is 2.40. The molecule has 82 valence electrons. The van der Waals surface area contributed by atoms with E-state index < -0.39 is 0 Å². The van der Waals surface area contributed by atoms with E-state index in [1.54, 1.807) is 0 Å². The summed E-state index contributed by atoms with van der Waals surface area (Å²) in [7, 11) is 0. The van der Waals surface area contributed by atoms with Crippen LogP contribution in [0.2, 0.25) is 0 Å². The first-order valence-corrected chi connectivity index (χ1v) is 5.72. The van der Waals surface area contributed by atoms with Crippen LogP contribution in [0.25, 0.3) is 0 Å². The summed E-state index contributed by atoms with van der Waals surface area (Å²) in [5.74, 6) is 0.593. The maximum atomic E-state index is 5.81. The van der Waals surface area contributed by atoms with E-state index >= 15 is 0 Å². The number of allylic oxidation sites excluding steroid dienone is 1. The second-order valence-electron chi connectivity index (χ2n) is 4.22. The van der Waals surface area contributed by atoms with Gasteiger partial charge in [-0.05, 0) is 20.8 Å². The van der Waals surface area contributed by atoms with Crippen LogP contribution in [0.1, 0.15) is 20.8 Å². The quantitative estimate of drug-likeness (QED) is 0.531. The van der Waals surface area contributed by atoms with Gasteiger partial charge in [-0.3, -0.25) is 4.90 Å². The van der Waals surface area contributed by atoms with Crippen molar-refractivity contribution in [3.63, 3.8) is 0 Å². The van der Waals surface area contributed by atoms with Crippen LogP contribution in [0.5, 0.6) is 0 Å². The van der Waals surface area contributed by atoms with Gasteiger partial charge < -0.3 is 4.74 Å². The van der Waals surface area contributed by atoms with Gasteiger partial charge >= 0.3 is 0 Å². The molecule has 1 fully saturated rings. The molecule has 0 aromatic carbocycles. The largest absolute Gasteiger partial charge is 0.371 e. The molecule has 1 rings (SSSR count). The van der Waals surface area contributed by atoms with Gasteiger partial charge in [0.2, 0.25) is 0 Å². The first-order valence-electron chi connectivity index (χ1n) is 5.19. The highest BCUT2D eigenvalue weighted by Crippen LogP contribution is 2.12. The van der Waals surface area contributed by atoms with Crippen molar-refractivity contribution in [2.45, 2.75) is 33.0 Å². The number of hydrogen-bond donors (Lipinski definition) is 0. The predicted octanol–water partition coefficient (Wildman–Crippen LogP) is 2.28. The van der Waals surface area contributed by atoms with Crippen LogP contribution in [0.4, 0.5) is 0 Å². The van der Waals surface area contributed by atoms with E-state index in [4.69, 9.17) is 16.3 Å². The average Bonchev–Trinajstić information content (AvgIpc) is 2.14. The summed E-state index contributed by atoms with van der Waals surface area (Å²) in [5.41, 5.74) is 1.37. The Morgan fingerprint density at radius 1 is 1.50 bits per heavy atom. The molecule has 1 saturated heterocycles. The topological polar surface area (TPSA) is 12.5 Å². The first-order chi connectivity index (χ1) is 6.61. The smallest absolute Gasteiger partial charge is 0.0841 e. The van der Waals surface area contributed by atoms with E-state index in [1.165, 1.54) is 5.57 Å².